The normalized spacial score (nSPS) is 14.2. The smallest absolute Gasteiger partial charge is 0.363 e. The Labute approximate surface area is 202 Å². The molecule has 0 fully saturated rings. The average molecular weight is 569 g/mol. The van der Waals surface area contributed by atoms with Gasteiger partial charge in [0.15, 0.2) is 17.2 Å². The van der Waals surface area contributed by atoms with Gasteiger partial charge < -0.3 is 14.2 Å². The van der Waals surface area contributed by atoms with Gasteiger partial charge in [-0.15, -0.1) is 0 Å². The second-order valence-electron chi connectivity index (χ2n) is 6.77. The molecule has 0 amide bonds. The lowest BCUT2D eigenvalue weighted by Gasteiger charge is -2.14. The zero-order chi connectivity index (χ0) is 23.4. The Kier molecular flexibility index (Phi) is 7.52. The van der Waals surface area contributed by atoms with E-state index >= 15 is 0 Å². The Balaban J connectivity index is 1.98. The first kappa shape index (κ1) is 23.7. The van der Waals surface area contributed by atoms with Gasteiger partial charge in [0.25, 0.3) is 5.69 Å². The number of aliphatic imine (C=N–C) groups is 1. The lowest BCUT2D eigenvalue weighted by Crippen LogP contribution is -2.06. The van der Waals surface area contributed by atoms with Gasteiger partial charge in [0.1, 0.15) is 6.61 Å². The van der Waals surface area contributed by atoms with E-state index in [-0.39, 0.29) is 27.9 Å². The maximum atomic E-state index is 12.4. The van der Waals surface area contributed by atoms with E-state index < -0.39 is 10.9 Å². The van der Waals surface area contributed by atoms with Gasteiger partial charge in [-0.25, -0.2) is 9.79 Å². The summed E-state index contributed by atoms with van der Waals surface area (Å²) in [6, 6.07) is 7.36. The first-order chi connectivity index (χ1) is 15.2. The Bertz CT molecular complexity index is 1180. The van der Waals surface area contributed by atoms with Crippen molar-refractivity contribution in [2.24, 2.45) is 4.99 Å². The van der Waals surface area contributed by atoms with E-state index in [0.717, 1.165) is 9.14 Å². The summed E-state index contributed by atoms with van der Waals surface area (Å²) in [7, 11) is 0. The molecule has 0 unspecified atom stereocenters. The summed E-state index contributed by atoms with van der Waals surface area (Å²) in [5.41, 5.74) is 1.50. The highest BCUT2D eigenvalue weighted by Gasteiger charge is 2.27. The summed E-state index contributed by atoms with van der Waals surface area (Å²) in [5.74, 6) is 0.304. The Morgan fingerprint density at radius 1 is 1.34 bits per heavy atom. The fraction of sp³-hybridized carbons (Fsp3) is 0.182. The molecule has 32 heavy (non-hydrogen) atoms. The van der Waals surface area contributed by atoms with Crippen LogP contribution in [0, 0.1) is 13.7 Å². The van der Waals surface area contributed by atoms with Gasteiger partial charge in [-0.1, -0.05) is 18.2 Å². The number of rotatable bonds is 8. The number of nitrogens with zero attached hydrogens (tertiary/aromatic N) is 2. The molecule has 0 radical (unpaired) electrons. The molecule has 2 aromatic carbocycles. The molecule has 1 heterocycles. The fourth-order valence-electron chi connectivity index (χ4n) is 2.74. The summed E-state index contributed by atoms with van der Waals surface area (Å²) in [6.07, 6.45) is 1.54. The van der Waals surface area contributed by atoms with Crippen LogP contribution >= 0.6 is 34.2 Å². The number of non-ortho nitro benzene ring substituents is 1. The molecule has 0 bridgehead atoms. The van der Waals surface area contributed by atoms with Gasteiger partial charge in [-0.3, -0.25) is 10.1 Å². The average Bonchev–Trinajstić information content (AvgIpc) is 3.07. The van der Waals surface area contributed by atoms with Gasteiger partial charge in [0.05, 0.1) is 25.7 Å². The number of nitro groups is 1. The zero-order valence-corrected chi connectivity index (χ0v) is 20.1. The van der Waals surface area contributed by atoms with Crippen LogP contribution in [0.5, 0.6) is 11.5 Å². The highest BCUT2D eigenvalue weighted by Crippen LogP contribution is 2.36. The lowest BCUT2D eigenvalue weighted by atomic mass is 10.1. The van der Waals surface area contributed by atoms with E-state index in [4.69, 9.17) is 25.8 Å². The van der Waals surface area contributed by atoms with E-state index in [2.05, 4.69) is 34.2 Å². The SMILES string of the molecule is C=C(C)COc1c(I)cc(/C=C2\N=C(c3cc([N+](=O)[O-])ccc3Cl)OC2=O)cc1OCC. The van der Waals surface area contributed by atoms with Crippen LogP contribution in [0.4, 0.5) is 5.69 Å². The van der Waals surface area contributed by atoms with Gasteiger partial charge in [-0.05, 0) is 71.9 Å². The minimum absolute atomic E-state index is 0.0245. The number of cyclic esters (lactones) is 1. The summed E-state index contributed by atoms with van der Waals surface area (Å²) in [6.45, 7) is 8.32. The van der Waals surface area contributed by atoms with Crippen molar-refractivity contribution in [3.05, 3.63) is 78.0 Å². The third-order valence-electron chi connectivity index (χ3n) is 4.11. The molecule has 10 heteroatoms. The van der Waals surface area contributed by atoms with Gasteiger partial charge in [0.2, 0.25) is 5.90 Å². The molecule has 0 aromatic heterocycles. The third kappa shape index (κ3) is 5.46. The number of ether oxygens (including phenoxy) is 3. The molecule has 0 spiro atoms. The van der Waals surface area contributed by atoms with Crippen LogP contribution in [0.3, 0.4) is 0 Å². The van der Waals surface area contributed by atoms with E-state index in [1.165, 1.54) is 24.3 Å². The van der Waals surface area contributed by atoms with Crippen LogP contribution < -0.4 is 9.47 Å². The predicted octanol–water partition coefficient (Wildman–Crippen LogP) is 5.55. The van der Waals surface area contributed by atoms with Crippen LogP contribution in [0.2, 0.25) is 5.02 Å². The Hall–Kier alpha value is -2.92. The van der Waals surface area contributed by atoms with Crippen LogP contribution in [-0.4, -0.2) is 30.0 Å². The van der Waals surface area contributed by atoms with Crippen molar-refractivity contribution in [3.63, 3.8) is 0 Å². The molecule has 0 aliphatic carbocycles. The molecular formula is C22H18ClIN2O6. The fourth-order valence-corrected chi connectivity index (χ4v) is 3.72. The number of esters is 1. The topological polar surface area (TPSA) is 100 Å². The maximum absolute atomic E-state index is 12.4. The van der Waals surface area contributed by atoms with Crippen molar-refractivity contribution < 1.29 is 23.9 Å². The third-order valence-corrected chi connectivity index (χ3v) is 5.24. The second kappa shape index (κ2) is 10.1. The number of hydrogen-bond acceptors (Lipinski definition) is 7. The molecular weight excluding hydrogens is 551 g/mol. The molecule has 2 aromatic rings. The van der Waals surface area contributed by atoms with Crippen molar-refractivity contribution >= 4 is 57.8 Å². The predicted molar refractivity (Wildman–Crippen MR) is 129 cm³/mol. The summed E-state index contributed by atoms with van der Waals surface area (Å²) >= 11 is 8.25. The monoisotopic (exact) mass is 568 g/mol. The minimum atomic E-state index is -0.696. The van der Waals surface area contributed by atoms with Crippen molar-refractivity contribution in [2.75, 3.05) is 13.2 Å². The van der Waals surface area contributed by atoms with Crippen LogP contribution in [0.1, 0.15) is 25.0 Å². The number of halogens is 2. The summed E-state index contributed by atoms with van der Waals surface area (Å²) < 4.78 is 17.5. The van der Waals surface area contributed by atoms with Gasteiger partial charge in [-0.2, -0.15) is 0 Å². The van der Waals surface area contributed by atoms with Gasteiger partial charge in [0, 0.05) is 12.1 Å². The summed E-state index contributed by atoms with van der Waals surface area (Å²) in [4.78, 5) is 27.1. The maximum Gasteiger partial charge on any atom is 0.363 e. The quantitative estimate of drug-likeness (QED) is 0.103. The first-order valence-electron chi connectivity index (χ1n) is 9.40. The van der Waals surface area contributed by atoms with Crippen LogP contribution in [-0.2, 0) is 9.53 Å². The van der Waals surface area contributed by atoms with Gasteiger partial charge >= 0.3 is 5.97 Å². The number of benzene rings is 2. The lowest BCUT2D eigenvalue weighted by molar-refractivity contribution is -0.384. The first-order valence-corrected chi connectivity index (χ1v) is 10.9. The number of carbonyl (C=O) groups excluding carboxylic acids is 1. The van der Waals surface area contributed by atoms with E-state index in [0.29, 0.717) is 30.3 Å². The van der Waals surface area contributed by atoms with Crippen LogP contribution in [0.15, 0.2) is 53.2 Å². The second-order valence-corrected chi connectivity index (χ2v) is 8.34. The van der Waals surface area contributed by atoms with Crippen molar-refractivity contribution in [1.29, 1.82) is 0 Å². The standard InChI is InChI=1S/C22H18ClIN2O6/c1-4-30-19-9-13(7-17(24)20(19)31-11-12(2)3)8-18-22(27)32-21(25-18)15-10-14(26(28)29)5-6-16(15)23/h5-10H,2,4,11H2,1,3H3/b18-8-. The zero-order valence-electron chi connectivity index (χ0n) is 17.2. The van der Waals surface area contributed by atoms with Crippen LogP contribution in [0.25, 0.3) is 6.08 Å². The number of nitro benzene ring substituents is 1. The molecule has 166 valence electrons. The molecule has 0 saturated carbocycles. The van der Waals surface area contributed by atoms with E-state index in [9.17, 15) is 14.9 Å². The van der Waals surface area contributed by atoms with E-state index in [1.54, 1.807) is 6.07 Å². The minimum Gasteiger partial charge on any atom is -0.490 e. The molecule has 3 rings (SSSR count). The Morgan fingerprint density at radius 2 is 2.09 bits per heavy atom. The van der Waals surface area contributed by atoms with Crippen molar-refractivity contribution in [1.82, 2.24) is 0 Å². The van der Waals surface area contributed by atoms with Crippen molar-refractivity contribution in [3.8, 4) is 11.5 Å². The Morgan fingerprint density at radius 3 is 2.75 bits per heavy atom. The molecule has 8 nitrogen and oxygen atoms in total. The highest BCUT2D eigenvalue weighted by atomic mass is 127. The molecule has 0 atom stereocenters. The molecule has 1 aliphatic heterocycles. The molecule has 1 aliphatic rings. The van der Waals surface area contributed by atoms with Crippen molar-refractivity contribution in [2.45, 2.75) is 13.8 Å². The number of carbonyl (C=O) groups is 1. The highest BCUT2D eigenvalue weighted by molar-refractivity contribution is 14.1. The van der Waals surface area contributed by atoms with E-state index in [1.807, 2.05) is 19.9 Å². The number of hydrogen-bond donors (Lipinski definition) is 0. The molecule has 0 saturated heterocycles. The largest absolute Gasteiger partial charge is 0.490 e. The molecule has 0 N–H and O–H groups in total. The summed E-state index contributed by atoms with van der Waals surface area (Å²) in [5, 5.41) is 11.2.